The molecule has 1 N–H and O–H groups in total. The zero-order valence-electron chi connectivity index (χ0n) is 28.0. The van der Waals surface area contributed by atoms with E-state index in [1.54, 1.807) is 24.3 Å². The van der Waals surface area contributed by atoms with Crippen molar-refractivity contribution in [3.8, 4) is 11.5 Å². The number of rotatable bonds is 14. The smallest absolute Gasteiger partial charge is 0.264 e. The summed E-state index contributed by atoms with van der Waals surface area (Å²) < 4.78 is 41.9. The van der Waals surface area contributed by atoms with Crippen LogP contribution in [0.2, 0.25) is 0 Å². The topological polar surface area (TPSA) is 105 Å². The molecule has 0 aliphatic heterocycles. The monoisotopic (exact) mass is 747 g/mol. The van der Waals surface area contributed by atoms with Crippen LogP contribution >= 0.6 is 15.9 Å². The van der Waals surface area contributed by atoms with Crippen LogP contribution in [0.25, 0.3) is 0 Å². The van der Waals surface area contributed by atoms with Crippen molar-refractivity contribution in [2.75, 3.05) is 25.1 Å². The largest absolute Gasteiger partial charge is 0.497 e. The van der Waals surface area contributed by atoms with Crippen molar-refractivity contribution in [1.29, 1.82) is 0 Å². The lowest BCUT2D eigenvalue weighted by molar-refractivity contribution is -0.140. The molecule has 1 aliphatic rings. The van der Waals surface area contributed by atoms with Gasteiger partial charge in [-0.15, -0.1) is 0 Å². The van der Waals surface area contributed by atoms with Crippen LogP contribution in [0.1, 0.15) is 42.4 Å². The van der Waals surface area contributed by atoms with Gasteiger partial charge >= 0.3 is 0 Å². The highest BCUT2D eigenvalue weighted by molar-refractivity contribution is 9.10. The molecule has 4 aromatic carbocycles. The van der Waals surface area contributed by atoms with Gasteiger partial charge in [0.2, 0.25) is 11.8 Å². The van der Waals surface area contributed by atoms with E-state index in [0.717, 1.165) is 51.2 Å². The minimum atomic E-state index is -4.32. The molecule has 0 aromatic heterocycles. The molecule has 1 fully saturated rings. The minimum Gasteiger partial charge on any atom is -0.497 e. The molecule has 0 radical (unpaired) electrons. The number of nitrogens with zero attached hydrogens (tertiary/aromatic N) is 2. The lowest BCUT2D eigenvalue weighted by Crippen LogP contribution is -2.54. The van der Waals surface area contributed by atoms with Crippen molar-refractivity contribution in [2.45, 2.75) is 62.6 Å². The maximum atomic E-state index is 14.8. The number of hydrogen-bond donors (Lipinski definition) is 1. The van der Waals surface area contributed by atoms with E-state index in [4.69, 9.17) is 9.47 Å². The molecule has 11 heteroatoms. The summed E-state index contributed by atoms with van der Waals surface area (Å²) >= 11 is 3.48. The number of amides is 2. The van der Waals surface area contributed by atoms with Crippen LogP contribution in [0.4, 0.5) is 5.69 Å². The predicted molar refractivity (Wildman–Crippen MR) is 194 cm³/mol. The molecular weight excluding hydrogens is 706 g/mol. The molecule has 1 aliphatic carbocycles. The van der Waals surface area contributed by atoms with Crippen molar-refractivity contribution in [2.24, 2.45) is 0 Å². The average molecular weight is 749 g/mol. The zero-order valence-corrected chi connectivity index (χ0v) is 30.4. The summed E-state index contributed by atoms with van der Waals surface area (Å²) in [6, 6.07) is 27.4. The number of hydrogen-bond acceptors (Lipinski definition) is 6. The number of ether oxygens (including phenoxy) is 2. The van der Waals surface area contributed by atoms with Gasteiger partial charge in [-0.05, 0) is 67.3 Å². The van der Waals surface area contributed by atoms with Gasteiger partial charge in [-0.25, -0.2) is 8.42 Å². The van der Waals surface area contributed by atoms with Gasteiger partial charge in [0.1, 0.15) is 24.1 Å². The Bertz CT molecular complexity index is 1830. The second-order valence-corrected chi connectivity index (χ2v) is 15.0. The molecule has 49 heavy (non-hydrogen) atoms. The Morgan fingerprint density at radius 1 is 0.878 bits per heavy atom. The lowest BCUT2D eigenvalue weighted by Gasteiger charge is -2.34. The average Bonchev–Trinajstić information content (AvgIpc) is 3.62. The Balaban J connectivity index is 1.61. The van der Waals surface area contributed by atoms with Crippen LogP contribution in [0.15, 0.2) is 106 Å². The fourth-order valence-electron chi connectivity index (χ4n) is 6.05. The summed E-state index contributed by atoms with van der Waals surface area (Å²) in [4.78, 5) is 30.5. The van der Waals surface area contributed by atoms with E-state index in [1.807, 2.05) is 61.5 Å². The first kappa shape index (κ1) is 35.9. The molecule has 258 valence electrons. The second-order valence-electron chi connectivity index (χ2n) is 12.2. The number of carbonyl (C=O) groups excluding carboxylic acids is 2. The molecule has 0 saturated heterocycles. The van der Waals surface area contributed by atoms with E-state index in [1.165, 1.54) is 37.3 Å². The van der Waals surface area contributed by atoms with E-state index in [9.17, 15) is 18.0 Å². The third-order valence-electron chi connectivity index (χ3n) is 8.78. The Hall–Kier alpha value is -4.35. The van der Waals surface area contributed by atoms with Crippen molar-refractivity contribution in [3.05, 3.63) is 118 Å². The first-order valence-corrected chi connectivity index (χ1v) is 18.5. The van der Waals surface area contributed by atoms with Crippen LogP contribution in [0, 0.1) is 6.92 Å². The van der Waals surface area contributed by atoms with Gasteiger partial charge in [0, 0.05) is 29.5 Å². The fraction of sp³-hybridized carbons (Fsp3) is 0.316. The number of anilines is 1. The second kappa shape index (κ2) is 16.4. The molecule has 2 amide bonds. The third kappa shape index (κ3) is 9.01. The van der Waals surface area contributed by atoms with Gasteiger partial charge in [-0.3, -0.25) is 13.9 Å². The fourth-order valence-corrected chi connectivity index (χ4v) is 7.73. The molecule has 5 rings (SSSR count). The highest BCUT2D eigenvalue weighted by Gasteiger charge is 2.36. The normalized spacial score (nSPS) is 13.8. The van der Waals surface area contributed by atoms with E-state index in [0.29, 0.717) is 5.75 Å². The molecule has 0 bridgehead atoms. The number of methoxy groups -OCH3 is 2. The van der Waals surface area contributed by atoms with Gasteiger partial charge < -0.3 is 19.7 Å². The maximum Gasteiger partial charge on any atom is 0.264 e. The highest BCUT2D eigenvalue weighted by atomic mass is 79.9. The summed E-state index contributed by atoms with van der Waals surface area (Å²) in [6.45, 7) is 1.35. The van der Waals surface area contributed by atoms with Gasteiger partial charge in [-0.2, -0.15) is 0 Å². The molecule has 1 saturated carbocycles. The third-order valence-corrected chi connectivity index (χ3v) is 11.1. The van der Waals surface area contributed by atoms with Crippen molar-refractivity contribution < 1.29 is 27.5 Å². The van der Waals surface area contributed by atoms with Crippen LogP contribution in [0.3, 0.4) is 0 Å². The van der Waals surface area contributed by atoms with Crippen LogP contribution in [-0.2, 0) is 32.6 Å². The Kier molecular flexibility index (Phi) is 12.0. The van der Waals surface area contributed by atoms with Crippen LogP contribution in [-0.4, -0.2) is 58.0 Å². The zero-order chi connectivity index (χ0) is 35.0. The lowest BCUT2D eigenvalue weighted by atomic mass is 10.0. The molecular formula is C38H42BrN3O6S. The van der Waals surface area contributed by atoms with Crippen LogP contribution < -0.4 is 19.1 Å². The SMILES string of the molecule is COc1ccc(OC)c(N(CC(=O)N(Cc2ccc(Br)cc2)[C@@H](Cc2ccccc2)C(=O)NC2CCCC2)S(=O)(=O)c2ccc(C)cc2)c1. The van der Waals surface area contributed by atoms with E-state index in [2.05, 4.69) is 21.2 Å². The molecule has 0 spiro atoms. The van der Waals surface area contributed by atoms with Gasteiger partial charge in [0.05, 0.1) is 24.8 Å². The number of nitrogens with one attached hydrogen (secondary N) is 1. The maximum absolute atomic E-state index is 14.8. The molecule has 0 heterocycles. The van der Waals surface area contributed by atoms with Crippen LogP contribution in [0.5, 0.6) is 11.5 Å². The first-order valence-electron chi connectivity index (χ1n) is 16.3. The number of aryl methyl sites for hydroxylation is 1. The van der Waals surface area contributed by atoms with E-state index < -0.39 is 28.5 Å². The summed E-state index contributed by atoms with van der Waals surface area (Å²) in [6.07, 6.45) is 4.06. The predicted octanol–water partition coefficient (Wildman–Crippen LogP) is 6.67. The molecule has 0 unspecified atom stereocenters. The number of carbonyl (C=O) groups is 2. The Labute approximate surface area is 297 Å². The number of sulfonamides is 1. The van der Waals surface area contributed by atoms with E-state index >= 15 is 0 Å². The van der Waals surface area contributed by atoms with Gasteiger partial charge in [-0.1, -0.05) is 88.9 Å². The molecule has 4 aromatic rings. The summed E-state index contributed by atoms with van der Waals surface area (Å²) in [5.74, 6) is -0.195. The quantitative estimate of drug-likeness (QED) is 0.155. The van der Waals surface area contributed by atoms with Crippen molar-refractivity contribution >= 4 is 43.5 Å². The highest BCUT2D eigenvalue weighted by Crippen LogP contribution is 2.36. The van der Waals surface area contributed by atoms with Crippen molar-refractivity contribution in [1.82, 2.24) is 10.2 Å². The minimum absolute atomic E-state index is 0.00930. The van der Waals surface area contributed by atoms with Gasteiger partial charge in [0.25, 0.3) is 10.0 Å². The summed E-state index contributed by atoms with van der Waals surface area (Å²) in [5.41, 5.74) is 2.68. The number of halogens is 1. The molecule has 9 nitrogen and oxygen atoms in total. The van der Waals surface area contributed by atoms with Gasteiger partial charge in [0.15, 0.2) is 0 Å². The van der Waals surface area contributed by atoms with Crippen molar-refractivity contribution in [3.63, 3.8) is 0 Å². The standard InChI is InChI=1S/C38H42BrN3O6S/c1-27-13-20-33(21-14-27)49(45,46)42(34-24-32(47-2)19-22-36(34)48-3)26-37(43)41(25-29-15-17-30(39)18-16-29)35(23-28-9-5-4-6-10-28)38(44)40-31-11-7-8-12-31/h4-6,9-10,13-22,24,31,35H,7-8,11-12,23,25-26H2,1-3H3,(H,40,44)/t35-/m0/s1. The molecule has 1 atom stereocenters. The number of benzene rings is 4. The Morgan fingerprint density at radius 3 is 2.18 bits per heavy atom. The summed E-state index contributed by atoms with van der Waals surface area (Å²) in [7, 11) is -1.40. The Morgan fingerprint density at radius 2 is 1.55 bits per heavy atom. The first-order chi connectivity index (χ1) is 23.6. The summed E-state index contributed by atoms with van der Waals surface area (Å²) in [5, 5.41) is 3.20. The van der Waals surface area contributed by atoms with E-state index in [-0.39, 0.29) is 41.2 Å².